The predicted molar refractivity (Wildman–Crippen MR) is 40.9 cm³/mol. The molecule has 0 amide bonds. The summed E-state index contributed by atoms with van der Waals surface area (Å²) < 4.78 is 37.7. The molecule has 1 aromatic carbocycles. The van der Waals surface area contributed by atoms with Gasteiger partial charge in [0.15, 0.2) is 11.6 Å². The largest absolute Gasteiger partial charge is 0.281 e. The molecule has 0 heterocycles. The average molecular weight is 209 g/mol. The highest BCUT2D eigenvalue weighted by molar-refractivity contribution is 6.63. The van der Waals surface area contributed by atoms with Gasteiger partial charge in [0.05, 0.1) is 0 Å². The molecule has 0 saturated carbocycles. The summed E-state index contributed by atoms with van der Waals surface area (Å²) in [6.45, 7) is 0. The van der Waals surface area contributed by atoms with E-state index in [4.69, 9.17) is 11.6 Å². The monoisotopic (exact) mass is 208 g/mol. The molecular weight excluding hydrogens is 205 g/mol. The van der Waals surface area contributed by atoms with Crippen molar-refractivity contribution in [3.8, 4) is 0 Å². The van der Waals surface area contributed by atoms with Crippen molar-refractivity contribution < 1.29 is 18.0 Å². The lowest BCUT2D eigenvalue weighted by Gasteiger charge is -2.00. The van der Waals surface area contributed by atoms with Crippen LogP contribution in [0.25, 0.3) is 0 Å². The van der Waals surface area contributed by atoms with Gasteiger partial charge < -0.3 is 0 Å². The van der Waals surface area contributed by atoms with Gasteiger partial charge in [-0.1, -0.05) is 0 Å². The second-order valence-corrected chi connectivity index (χ2v) is 2.81. The Morgan fingerprint density at radius 1 is 1.15 bits per heavy atom. The number of carbonyl (C=O) groups excluding carboxylic acids is 1. The molecule has 13 heavy (non-hydrogen) atoms. The maximum Gasteiger partial charge on any atom is 0.226 e. The van der Waals surface area contributed by atoms with Gasteiger partial charge in [-0.2, -0.15) is 0 Å². The Hall–Kier alpha value is -1.03. The van der Waals surface area contributed by atoms with Crippen molar-refractivity contribution >= 4 is 16.8 Å². The third kappa shape index (κ3) is 2.45. The van der Waals surface area contributed by atoms with Crippen molar-refractivity contribution in [1.29, 1.82) is 0 Å². The second kappa shape index (κ2) is 3.79. The summed E-state index contributed by atoms with van der Waals surface area (Å²) in [5.74, 6) is -3.47. The van der Waals surface area contributed by atoms with Crippen LogP contribution in [0.5, 0.6) is 0 Å². The van der Waals surface area contributed by atoms with E-state index in [0.29, 0.717) is 12.1 Å². The highest BCUT2D eigenvalue weighted by Crippen LogP contribution is 2.14. The number of rotatable bonds is 2. The zero-order valence-corrected chi connectivity index (χ0v) is 7.04. The van der Waals surface area contributed by atoms with Crippen LogP contribution in [0.4, 0.5) is 13.2 Å². The second-order valence-electron chi connectivity index (χ2n) is 2.39. The Morgan fingerprint density at radius 2 is 1.69 bits per heavy atom. The minimum absolute atomic E-state index is 0.251. The number of halogens is 4. The molecule has 1 nitrogen and oxygen atoms in total. The molecule has 1 aromatic rings. The number of benzene rings is 1. The molecule has 0 fully saturated rings. The Kier molecular flexibility index (Phi) is 2.93. The molecule has 0 aliphatic carbocycles. The van der Waals surface area contributed by atoms with Gasteiger partial charge in [-0.3, -0.25) is 4.79 Å². The van der Waals surface area contributed by atoms with Crippen LogP contribution in [0.3, 0.4) is 0 Å². The highest BCUT2D eigenvalue weighted by atomic mass is 35.5. The Labute approximate surface area is 77.1 Å². The SMILES string of the molecule is O=C(Cl)Cc1cc(F)c(F)cc1F. The standard InChI is InChI=1S/C8H4ClF3O/c9-8(13)2-4-1-6(11)7(12)3-5(4)10/h1,3H,2H2. The Morgan fingerprint density at radius 3 is 2.23 bits per heavy atom. The van der Waals surface area contributed by atoms with Crippen LogP contribution in [0.2, 0.25) is 0 Å². The first-order valence-corrected chi connectivity index (χ1v) is 3.70. The Bertz CT molecular complexity index is 351. The molecule has 0 radical (unpaired) electrons. The van der Waals surface area contributed by atoms with Crippen molar-refractivity contribution in [2.75, 3.05) is 0 Å². The van der Waals surface area contributed by atoms with Crippen LogP contribution in [0.15, 0.2) is 12.1 Å². The maximum absolute atomic E-state index is 12.8. The fourth-order valence-corrected chi connectivity index (χ4v) is 0.993. The minimum Gasteiger partial charge on any atom is -0.281 e. The normalized spacial score (nSPS) is 10.2. The summed E-state index contributed by atoms with van der Waals surface area (Å²) >= 11 is 4.95. The minimum atomic E-state index is -1.29. The van der Waals surface area contributed by atoms with Crippen LogP contribution in [-0.2, 0) is 11.2 Å². The lowest BCUT2D eigenvalue weighted by atomic mass is 10.1. The Balaban J connectivity index is 3.08. The maximum atomic E-state index is 12.8. The fraction of sp³-hybridized carbons (Fsp3) is 0.125. The zero-order valence-electron chi connectivity index (χ0n) is 6.28. The molecule has 0 bridgehead atoms. The lowest BCUT2D eigenvalue weighted by Crippen LogP contribution is -1.99. The topological polar surface area (TPSA) is 17.1 Å². The van der Waals surface area contributed by atoms with Crippen LogP contribution >= 0.6 is 11.6 Å². The molecule has 0 atom stereocenters. The molecule has 5 heteroatoms. The molecule has 0 aromatic heterocycles. The van der Waals surface area contributed by atoms with Gasteiger partial charge in [0.1, 0.15) is 5.82 Å². The fourth-order valence-electron chi connectivity index (χ4n) is 0.849. The summed E-state index contributed by atoms with van der Waals surface area (Å²) in [6, 6.07) is 0.995. The molecule has 0 aliphatic rings. The van der Waals surface area contributed by atoms with Crippen molar-refractivity contribution in [3.63, 3.8) is 0 Å². The van der Waals surface area contributed by atoms with Gasteiger partial charge in [-0.25, -0.2) is 13.2 Å². The molecule has 1 rings (SSSR count). The van der Waals surface area contributed by atoms with E-state index in [0.717, 1.165) is 0 Å². The van der Waals surface area contributed by atoms with Crippen molar-refractivity contribution in [2.45, 2.75) is 6.42 Å². The van der Waals surface area contributed by atoms with Gasteiger partial charge in [0, 0.05) is 12.5 Å². The smallest absolute Gasteiger partial charge is 0.226 e. The zero-order chi connectivity index (χ0) is 10.0. The molecule has 0 saturated heterocycles. The number of hydrogen-bond donors (Lipinski definition) is 0. The third-order valence-corrected chi connectivity index (χ3v) is 1.55. The molecular formula is C8H4ClF3O. The van der Waals surface area contributed by atoms with Crippen molar-refractivity contribution in [1.82, 2.24) is 0 Å². The quantitative estimate of drug-likeness (QED) is 0.539. The first kappa shape index (κ1) is 10.1. The van der Waals surface area contributed by atoms with E-state index in [2.05, 4.69) is 0 Å². The van der Waals surface area contributed by atoms with Crippen LogP contribution in [-0.4, -0.2) is 5.24 Å². The summed E-state index contributed by atoms with van der Waals surface area (Å²) in [5, 5.41) is -0.829. The first-order chi connectivity index (χ1) is 6.00. The summed E-state index contributed by atoms with van der Waals surface area (Å²) in [4.78, 5) is 10.3. The van der Waals surface area contributed by atoms with Crippen molar-refractivity contribution in [3.05, 3.63) is 35.1 Å². The van der Waals surface area contributed by atoms with Gasteiger partial charge in [0.2, 0.25) is 5.24 Å². The van der Waals surface area contributed by atoms with Gasteiger partial charge in [-0.05, 0) is 23.2 Å². The number of hydrogen-bond acceptors (Lipinski definition) is 1. The predicted octanol–water partition coefficient (Wildman–Crippen LogP) is 2.41. The van der Waals surface area contributed by atoms with E-state index in [1.54, 1.807) is 0 Å². The van der Waals surface area contributed by atoms with E-state index in [-0.39, 0.29) is 5.56 Å². The molecule has 0 spiro atoms. The van der Waals surface area contributed by atoms with Gasteiger partial charge in [-0.15, -0.1) is 0 Å². The van der Waals surface area contributed by atoms with E-state index in [9.17, 15) is 18.0 Å². The summed E-state index contributed by atoms with van der Waals surface area (Å²) in [7, 11) is 0. The van der Waals surface area contributed by atoms with Crippen LogP contribution in [0, 0.1) is 17.5 Å². The van der Waals surface area contributed by atoms with Crippen LogP contribution in [0.1, 0.15) is 5.56 Å². The van der Waals surface area contributed by atoms with Gasteiger partial charge >= 0.3 is 0 Å². The third-order valence-electron chi connectivity index (χ3n) is 1.42. The van der Waals surface area contributed by atoms with Gasteiger partial charge in [0.25, 0.3) is 0 Å². The summed E-state index contributed by atoms with van der Waals surface area (Å²) in [5.41, 5.74) is -0.251. The highest BCUT2D eigenvalue weighted by Gasteiger charge is 2.11. The van der Waals surface area contributed by atoms with E-state index < -0.39 is 29.1 Å². The lowest BCUT2D eigenvalue weighted by molar-refractivity contribution is -0.111. The van der Waals surface area contributed by atoms with Crippen LogP contribution < -0.4 is 0 Å². The average Bonchev–Trinajstić information content (AvgIpc) is 1.99. The molecule has 0 unspecified atom stereocenters. The molecule has 0 aliphatic heterocycles. The molecule has 0 N–H and O–H groups in total. The van der Waals surface area contributed by atoms with Crippen molar-refractivity contribution in [2.24, 2.45) is 0 Å². The number of carbonyl (C=O) groups is 1. The van der Waals surface area contributed by atoms with E-state index in [1.807, 2.05) is 0 Å². The molecule has 70 valence electrons. The van der Waals surface area contributed by atoms with E-state index in [1.165, 1.54) is 0 Å². The first-order valence-electron chi connectivity index (χ1n) is 3.32. The summed E-state index contributed by atoms with van der Waals surface area (Å²) in [6.07, 6.45) is -0.454. The van der Waals surface area contributed by atoms with E-state index >= 15 is 0 Å².